The summed E-state index contributed by atoms with van der Waals surface area (Å²) in [4.78, 5) is 24.2. The molecule has 122 valence electrons. The Kier molecular flexibility index (Phi) is 5.85. The Labute approximate surface area is 131 Å². The standard InChI is InChI=1S/C15H20O6S/c1-11(16)15(4,10-20-22(18)19)13(17)21-14(2,3)12-8-6-5-7-9-12/h5-9,22H,10H2,1-4H3. The van der Waals surface area contributed by atoms with E-state index in [1.165, 1.54) is 13.8 Å². The van der Waals surface area contributed by atoms with E-state index >= 15 is 0 Å². The molecule has 0 aromatic heterocycles. The lowest BCUT2D eigenvalue weighted by Gasteiger charge is -2.31. The Balaban J connectivity index is 2.98. The van der Waals surface area contributed by atoms with Crippen LogP contribution < -0.4 is 0 Å². The van der Waals surface area contributed by atoms with Gasteiger partial charge in [0, 0.05) is 0 Å². The van der Waals surface area contributed by atoms with Gasteiger partial charge in [-0.2, -0.15) is 0 Å². The van der Waals surface area contributed by atoms with Crippen LogP contribution in [0.25, 0.3) is 0 Å². The van der Waals surface area contributed by atoms with E-state index < -0.39 is 40.4 Å². The smallest absolute Gasteiger partial charge is 0.322 e. The maximum absolute atomic E-state index is 12.4. The van der Waals surface area contributed by atoms with Gasteiger partial charge in [0.15, 0.2) is 0 Å². The number of ketones is 1. The molecule has 0 fully saturated rings. The summed E-state index contributed by atoms with van der Waals surface area (Å²) < 4.78 is 31.0. The van der Waals surface area contributed by atoms with Crippen molar-refractivity contribution >= 4 is 22.7 Å². The van der Waals surface area contributed by atoms with Gasteiger partial charge >= 0.3 is 5.97 Å². The molecule has 7 heteroatoms. The second-order valence-corrected chi connectivity index (χ2v) is 6.36. The van der Waals surface area contributed by atoms with Crippen LogP contribution in [-0.2, 0) is 35.1 Å². The van der Waals surface area contributed by atoms with Gasteiger partial charge in [-0.1, -0.05) is 30.3 Å². The topological polar surface area (TPSA) is 86.7 Å². The number of ether oxygens (including phenoxy) is 1. The van der Waals surface area contributed by atoms with Gasteiger partial charge in [0.25, 0.3) is 11.0 Å². The maximum atomic E-state index is 12.4. The van der Waals surface area contributed by atoms with E-state index in [9.17, 15) is 18.0 Å². The fraction of sp³-hybridized carbons (Fsp3) is 0.467. The Morgan fingerprint density at radius 1 is 1.09 bits per heavy atom. The highest BCUT2D eigenvalue weighted by molar-refractivity contribution is 7.67. The monoisotopic (exact) mass is 328 g/mol. The molecule has 1 aromatic carbocycles. The predicted octanol–water partition coefficient (Wildman–Crippen LogP) is 1.60. The Morgan fingerprint density at radius 2 is 1.64 bits per heavy atom. The zero-order valence-electron chi connectivity index (χ0n) is 13.0. The molecule has 1 atom stereocenters. The minimum Gasteiger partial charge on any atom is -0.454 e. The van der Waals surface area contributed by atoms with Crippen molar-refractivity contribution < 1.29 is 26.9 Å². The fourth-order valence-electron chi connectivity index (χ4n) is 1.73. The van der Waals surface area contributed by atoms with Crippen LogP contribution in [0.2, 0.25) is 0 Å². The lowest BCUT2D eigenvalue weighted by Crippen LogP contribution is -2.43. The minimum atomic E-state index is -3.15. The van der Waals surface area contributed by atoms with Crippen LogP contribution in [0, 0.1) is 5.41 Å². The second kappa shape index (κ2) is 7.02. The van der Waals surface area contributed by atoms with Crippen molar-refractivity contribution in [1.82, 2.24) is 0 Å². The minimum absolute atomic E-state index is 0.529. The molecule has 0 saturated heterocycles. The van der Waals surface area contributed by atoms with Gasteiger partial charge in [0.2, 0.25) is 0 Å². The molecule has 0 aliphatic carbocycles. The summed E-state index contributed by atoms with van der Waals surface area (Å²) in [6.45, 7) is 5.30. The average Bonchev–Trinajstić information content (AvgIpc) is 2.44. The molecule has 1 unspecified atom stereocenters. The first-order valence-electron chi connectivity index (χ1n) is 6.67. The van der Waals surface area contributed by atoms with Gasteiger partial charge in [-0.15, -0.1) is 0 Å². The molecule has 6 nitrogen and oxygen atoms in total. The Hall–Kier alpha value is -1.73. The molecule has 0 radical (unpaired) electrons. The Bertz CT molecular complexity index is 612. The number of esters is 1. The van der Waals surface area contributed by atoms with E-state index in [-0.39, 0.29) is 0 Å². The number of thiol groups is 1. The maximum Gasteiger partial charge on any atom is 0.322 e. The van der Waals surface area contributed by atoms with Crippen molar-refractivity contribution in [3.63, 3.8) is 0 Å². The molecular weight excluding hydrogens is 308 g/mol. The van der Waals surface area contributed by atoms with Crippen LogP contribution >= 0.6 is 0 Å². The third kappa shape index (κ3) is 4.38. The summed E-state index contributed by atoms with van der Waals surface area (Å²) in [5.74, 6) is -1.36. The summed E-state index contributed by atoms with van der Waals surface area (Å²) in [7, 11) is -3.15. The van der Waals surface area contributed by atoms with E-state index in [0.29, 0.717) is 0 Å². The molecule has 1 aromatic rings. The third-order valence-corrected chi connectivity index (χ3v) is 3.84. The largest absolute Gasteiger partial charge is 0.454 e. The van der Waals surface area contributed by atoms with Gasteiger partial charge in [0.1, 0.15) is 16.8 Å². The normalized spacial score (nSPS) is 14.4. The lowest BCUT2D eigenvalue weighted by atomic mass is 9.87. The third-order valence-electron chi connectivity index (χ3n) is 3.50. The molecule has 1 rings (SSSR count). The predicted molar refractivity (Wildman–Crippen MR) is 80.6 cm³/mol. The molecule has 0 saturated carbocycles. The van der Waals surface area contributed by atoms with Gasteiger partial charge in [0.05, 0.1) is 6.61 Å². The van der Waals surface area contributed by atoms with Crippen LogP contribution in [-0.4, -0.2) is 26.8 Å². The highest BCUT2D eigenvalue weighted by Gasteiger charge is 2.43. The number of hydrogen-bond donors (Lipinski definition) is 1. The van der Waals surface area contributed by atoms with Crippen molar-refractivity contribution in [2.45, 2.75) is 33.3 Å². The number of hydrogen-bond acceptors (Lipinski definition) is 6. The molecule has 0 amide bonds. The van der Waals surface area contributed by atoms with E-state index in [4.69, 9.17) is 4.74 Å². The summed E-state index contributed by atoms with van der Waals surface area (Å²) in [6.07, 6.45) is 0. The van der Waals surface area contributed by atoms with E-state index in [1.807, 2.05) is 6.07 Å². The number of carbonyl (C=O) groups excluding carboxylic acids is 2. The highest BCUT2D eigenvalue weighted by Crippen LogP contribution is 2.30. The highest BCUT2D eigenvalue weighted by atomic mass is 32.2. The first-order chi connectivity index (χ1) is 10.1. The van der Waals surface area contributed by atoms with Crippen molar-refractivity contribution in [3.05, 3.63) is 35.9 Å². The fourth-order valence-corrected chi connectivity index (χ4v) is 2.09. The van der Waals surface area contributed by atoms with Crippen LogP contribution in [0.1, 0.15) is 33.3 Å². The van der Waals surface area contributed by atoms with E-state index in [2.05, 4.69) is 4.18 Å². The molecular formula is C15H20O6S. The van der Waals surface area contributed by atoms with Crippen LogP contribution in [0.3, 0.4) is 0 Å². The average molecular weight is 328 g/mol. The molecule has 0 heterocycles. The summed E-state index contributed by atoms with van der Waals surface area (Å²) in [5, 5.41) is 0. The molecule has 22 heavy (non-hydrogen) atoms. The quantitative estimate of drug-likeness (QED) is 0.465. The van der Waals surface area contributed by atoms with Gasteiger partial charge in [-0.3, -0.25) is 13.8 Å². The summed E-state index contributed by atoms with van der Waals surface area (Å²) in [6, 6.07) is 9.03. The molecule has 0 aliphatic rings. The first-order valence-corrected chi connectivity index (χ1v) is 7.76. The molecule has 0 bridgehead atoms. The molecule has 0 spiro atoms. The van der Waals surface area contributed by atoms with Gasteiger partial charge in [-0.25, -0.2) is 8.42 Å². The SMILES string of the molecule is CC(=O)C(C)(CO[SH](=O)=O)C(=O)OC(C)(C)c1ccccc1. The number of benzene rings is 1. The van der Waals surface area contributed by atoms with Gasteiger partial charge < -0.3 is 4.74 Å². The van der Waals surface area contributed by atoms with E-state index in [0.717, 1.165) is 5.56 Å². The number of Topliss-reactive ketones (excluding diaryl/α,β-unsaturated/α-hetero) is 1. The van der Waals surface area contributed by atoms with Crippen LogP contribution in [0.4, 0.5) is 0 Å². The number of rotatable bonds is 7. The molecule has 0 aliphatic heterocycles. The van der Waals surface area contributed by atoms with E-state index in [1.54, 1.807) is 38.1 Å². The molecule has 0 N–H and O–H groups in total. The second-order valence-electron chi connectivity index (χ2n) is 5.65. The van der Waals surface area contributed by atoms with Crippen molar-refractivity contribution in [1.29, 1.82) is 0 Å². The first kappa shape index (κ1) is 18.3. The zero-order chi connectivity index (χ0) is 17.0. The summed E-state index contributed by atoms with van der Waals surface area (Å²) in [5.41, 5.74) is -1.89. The van der Waals surface area contributed by atoms with Crippen molar-refractivity contribution in [2.75, 3.05) is 6.61 Å². The lowest BCUT2D eigenvalue weighted by molar-refractivity contribution is -0.173. The zero-order valence-corrected chi connectivity index (χ0v) is 13.9. The van der Waals surface area contributed by atoms with Crippen molar-refractivity contribution in [2.24, 2.45) is 5.41 Å². The van der Waals surface area contributed by atoms with Crippen molar-refractivity contribution in [3.8, 4) is 0 Å². The van der Waals surface area contributed by atoms with Gasteiger partial charge in [-0.05, 0) is 33.3 Å². The number of carbonyl (C=O) groups is 2. The Morgan fingerprint density at radius 3 is 2.09 bits per heavy atom. The van der Waals surface area contributed by atoms with Crippen LogP contribution in [0.5, 0.6) is 0 Å². The van der Waals surface area contributed by atoms with Crippen LogP contribution in [0.15, 0.2) is 30.3 Å². The summed E-state index contributed by atoms with van der Waals surface area (Å²) >= 11 is 0.